The van der Waals surface area contributed by atoms with Crippen LogP contribution in [0.15, 0.2) is 72.9 Å². The van der Waals surface area contributed by atoms with E-state index in [0.717, 1.165) is 94.9 Å². The van der Waals surface area contributed by atoms with Crippen LogP contribution in [0.3, 0.4) is 0 Å². The molecule has 0 saturated heterocycles. The SMILES string of the molecule is Cc1c(Cc2cc(C(C)(C)C)c(OCC3CC=CCC3)c(C(C)(C)C)c2)c(C)c(Cc2cc(C(C)(C)C)c(OCC3CC=CCC3)c(C(C)(C)C)c2)c(C)c1Cc1cc(C(C)(C)C)c(OCC2CC=CCC2)c(C(C)(C)C)c1. The highest BCUT2D eigenvalue weighted by Crippen LogP contribution is 2.47. The molecule has 0 radical (unpaired) electrons. The molecule has 3 unspecified atom stereocenters. The Labute approximate surface area is 477 Å². The molecule has 3 atom stereocenters. The van der Waals surface area contributed by atoms with Crippen molar-refractivity contribution < 1.29 is 14.2 Å². The van der Waals surface area contributed by atoms with Crippen LogP contribution in [0.4, 0.5) is 0 Å². The van der Waals surface area contributed by atoms with Gasteiger partial charge in [-0.15, -0.1) is 0 Å². The molecule has 4 aromatic carbocycles. The van der Waals surface area contributed by atoms with Crippen molar-refractivity contribution >= 4 is 0 Å². The number of ether oxygens (including phenoxy) is 3. The third-order valence-electron chi connectivity index (χ3n) is 17.7. The molecule has 0 aliphatic heterocycles. The van der Waals surface area contributed by atoms with Crippen molar-refractivity contribution in [2.45, 2.75) is 255 Å². The van der Waals surface area contributed by atoms with Crippen LogP contribution < -0.4 is 14.2 Å². The highest BCUT2D eigenvalue weighted by Gasteiger charge is 2.34. The van der Waals surface area contributed by atoms with Crippen molar-refractivity contribution in [2.75, 3.05) is 19.8 Å². The second-order valence-electron chi connectivity index (χ2n) is 30.8. The zero-order valence-electron chi connectivity index (χ0n) is 53.5. The lowest BCUT2D eigenvalue weighted by Gasteiger charge is -2.33. The molecule has 4 aromatic rings. The van der Waals surface area contributed by atoms with Gasteiger partial charge in [0.25, 0.3) is 0 Å². The summed E-state index contributed by atoms with van der Waals surface area (Å²) in [5, 5.41) is 0. The maximum atomic E-state index is 7.09. The molecule has 426 valence electrons. The third kappa shape index (κ3) is 14.9. The molecule has 3 aliphatic rings. The van der Waals surface area contributed by atoms with Crippen LogP contribution in [0, 0.1) is 38.5 Å². The Morgan fingerprint density at radius 2 is 0.526 bits per heavy atom. The highest BCUT2D eigenvalue weighted by atomic mass is 16.5. The summed E-state index contributed by atoms with van der Waals surface area (Å²) >= 11 is 0. The zero-order chi connectivity index (χ0) is 57.3. The van der Waals surface area contributed by atoms with E-state index in [9.17, 15) is 0 Å². The van der Waals surface area contributed by atoms with Gasteiger partial charge >= 0.3 is 0 Å². The summed E-state index contributed by atoms with van der Waals surface area (Å²) in [5.41, 5.74) is 20.0. The van der Waals surface area contributed by atoms with Crippen LogP contribution in [0.2, 0.25) is 0 Å². The lowest BCUT2D eigenvalue weighted by Crippen LogP contribution is -2.23. The molecule has 0 saturated carbocycles. The monoisotopic (exact) mass is 1060 g/mol. The lowest BCUT2D eigenvalue weighted by molar-refractivity contribution is 0.229. The van der Waals surface area contributed by atoms with Gasteiger partial charge in [-0.2, -0.15) is 0 Å². The first kappa shape index (κ1) is 61.1. The molecule has 3 heteroatoms. The topological polar surface area (TPSA) is 27.7 Å². The van der Waals surface area contributed by atoms with Crippen molar-refractivity contribution in [1.82, 2.24) is 0 Å². The largest absolute Gasteiger partial charge is 0.493 e. The summed E-state index contributed by atoms with van der Waals surface area (Å²) in [5.74, 6) is 4.96. The molecule has 3 nitrogen and oxygen atoms in total. The summed E-state index contributed by atoms with van der Waals surface area (Å²) in [4.78, 5) is 0. The number of benzene rings is 4. The molecule has 0 N–H and O–H groups in total. The van der Waals surface area contributed by atoms with Gasteiger partial charge in [-0.05, 0) is 198 Å². The number of hydrogen-bond acceptors (Lipinski definition) is 3. The van der Waals surface area contributed by atoms with E-state index in [0.29, 0.717) is 17.8 Å². The van der Waals surface area contributed by atoms with Crippen LogP contribution >= 0.6 is 0 Å². The molecule has 0 spiro atoms. The molecule has 0 aromatic heterocycles. The Kier molecular flexibility index (Phi) is 18.7. The van der Waals surface area contributed by atoms with Gasteiger partial charge in [-0.3, -0.25) is 0 Å². The van der Waals surface area contributed by atoms with Gasteiger partial charge in [0.05, 0.1) is 19.8 Å². The predicted molar refractivity (Wildman–Crippen MR) is 337 cm³/mol. The van der Waals surface area contributed by atoms with Gasteiger partial charge in [-0.1, -0.05) is 197 Å². The fourth-order valence-corrected chi connectivity index (χ4v) is 12.6. The second-order valence-corrected chi connectivity index (χ2v) is 30.8. The average Bonchev–Trinajstić information content (AvgIpc) is 3.35. The molecule has 78 heavy (non-hydrogen) atoms. The van der Waals surface area contributed by atoms with Crippen LogP contribution in [0.25, 0.3) is 0 Å². The minimum atomic E-state index is -0.108. The van der Waals surface area contributed by atoms with E-state index in [-0.39, 0.29) is 32.5 Å². The van der Waals surface area contributed by atoms with Crippen molar-refractivity contribution in [1.29, 1.82) is 0 Å². The standard InChI is InChI=1S/C75H108O3/c1-49-58(37-55-40-61(70(4,5)6)67(62(41-55)71(7,8)9)76-46-52-31-25-22-26-32-52)50(2)60(39-57-44-65(74(16,17)18)69(66(45-57)75(19,20)21)78-48-54-35-29-24-30-36-54)51(3)59(49)38-56-42-63(72(10,11)12)68(64(43-56)73(13,14)15)77-47-53-33-27-23-28-34-53/h22-25,27,29,40-45,52-54H,26,28,30-39,46-48H2,1-21H3. The van der Waals surface area contributed by atoms with Gasteiger partial charge in [0.15, 0.2) is 0 Å². The van der Waals surface area contributed by atoms with Crippen molar-refractivity contribution in [3.63, 3.8) is 0 Å². The Morgan fingerprint density at radius 3 is 0.692 bits per heavy atom. The Balaban J connectivity index is 1.43. The van der Waals surface area contributed by atoms with Crippen molar-refractivity contribution in [3.05, 3.63) is 156 Å². The van der Waals surface area contributed by atoms with Gasteiger partial charge < -0.3 is 14.2 Å². The van der Waals surface area contributed by atoms with Crippen LogP contribution in [0.1, 0.15) is 266 Å². The Bertz CT molecular complexity index is 2400. The summed E-state index contributed by atoms with van der Waals surface area (Å²) in [6.45, 7) is 52.3. The van der Waals surface area contributed by atoms with E-state index >= 15 is 0 Å². The fourth-order valence-electron chi connectivity index (χ4n) is 12.6. The first-order valence-corrected chi connectivity index (χ1v) is 30.7. The van der Waals surface area contributed by atoms with Gasteiger partial charge in [0.1, 0.15) is 17.2 Å². The second kappa shape index (κ2) is 23.9. The number of rotatable bonds is 15. The van der Waals surface area contributed by atoms with E-state index in [1.54, 1.807) is 0 Å². The summed E-state index contributed by atoms with van der Waals surface area (Å²) in [6, 6.07) is 15.1. The molecule has 0 amide bonds. The third-order valence-corrected chi connectivity index (χ3v) is 17.7. The van der Waals surface area contributed by atoms with E-state index in [4.69, 9.17) is 14.2 Å². The summed E-state index contributed by atoms with van der Waals surface area (Å²) in [6.07, 6.45) is 26.9. The molecule has 0 heterocycles. The predicted octanol–water partition coefficient (Wildman–Crippen LogP) is 20.4. The quantitative estimate of drug-likeness (QED) is 0.111. The number of allylic oxidation sites excluding steroid dienone is 6. The maximum Gasteiger partial charge on any atom is 0.126 e. The molecule has 3 aliphatic carbocycles. The van der Waals surface area contributed by atoms with Crippen molar-refractivity contribution in [3.8, 4) is 17.2 Å². The summed E-state index contributed by atoms with van der Waals surface area (Å²) < 4.78 is 21.3. The summed E-state index contributed by atoms with van der Waals surface area (Å²) in [7, 11) is 0. The minimum Gasteiger partial charge on any atom is -0.493 e. The van der Waals surface area contributed by atoms with Gasteiger partial charge in [0, 0.05) is 33.4 Å². The average molecular weight is 1060 g/mol. The van der Waals surface area contributed by atoms with Crippen LogP contribution in [-0.2, 0) is 51.8 Å². The van der Waals surface area contributed by atoms with E-state index < -0.39 is 0 Å². The van der Waals surface area contributed by atoms with Crippen molar-refractivity contribution in [2.24, 2.45) is 17.8 Å². The molecular weight excluding hydrogens is 949 g/mol. The van der Waals surface area contributed by atoms with E-state index in [1.807, 2.05) is 0 Å². The molecular formula is C75H108O3. The maximum absolute atomic E-state index is 7.09. The first-order valence-electron chi connectivity index (χ1n) is 30.7. The smallest absolute Gasteiger partial charge is 0.126 e. The Morgan fingerprint density at radius 1 is 0.321 bits per heavy atom. The Hall–Kier alpha value is -4.50. The van der Waals surface area contributed by atoms with Crippen LogP contribution in [-0.4, -0.2) is 19.8 Å². The molecule has 0 bridgehead atoms. The van der Waals surface area contributed by atoms with E-state index in [1.165, 1.54) is 103 Å². The zero-order valence-corrected chi connectivity index (χ0v) is 53.5. The fraction of sp³-hybridized carbons (Fsp3) is 0.600. The van der Waals surface area contributed by atoms with Gasteiger partial charge in [-0.25, -0.2) is 0 Å². The minimum absolute atomic E-state index is 0.108. The first-order chi connectivity index (χ1) is 36.2. The molecule has 7 rings (SSSR count). The highest BCUT2D eigenvalue weighted by molar-refractivity contribution is 5.60. The van der Waals surface area contributed by atoms with Crippen LogP contribution in [0.5, 0.6) is 17.2 Å². The normalized spacial score (nSPS) is 18.7. The molecule has 0 fully saturated rings. The lowest BCUT2D eigenvalue weighted by atomic mass is 9.75. The number of hydrogen-bond donors (Lipinski definition) is 0. The van der Waals surface area contributed by atoms with E-state index in [2.05, 4.69) is 218 Å². The van der Waals surface area contributed by atoms with Gasteiger partial charge in [0.2, 0.25) is 0 Å².